The van der Waals surface area contributed by atoms with Gasteiger partial charge in [-0.15, -0.1) is 11.3 Å². The summed E-state index contributed by atoms with van der Waals surface area (Å²) >= 11 is 13.7. The number of thiophene rings is 1. The van der Waals surface area contributed by atoms with E-state index in [9.17, 15) is 4.79 Å². The van der Waals surface area contributed by atoms with Crippen LogP contribution in [0.1, 0.15) is 17.4 Å². The van der Waals surface area contributed by atoms with Crippen LogP contribution in [0, 0.1) is 0 Å². The molecule has 1 atom stereocenters. The second-order valence-corrected chi connectivity index (χ2v) is 7.06. The third-order valence-corrected chi connectivity index (χ3v) is 5.22. The first-order valence-corrected chi connectivity index (χ1v) is 8.64. The van der Waals surface area contributed by atoms with Crippen LogP contribution in [0.3, 0.4) is 0 Å². The summed E-state index contributed by atoms with van der Waals surface area (Å²) < 4.78 is 5.71. The number of fused-ring (bicyclic) bond motifs is 1. The fourth-order valence-corrected chi connectivity index (χ4v) is 3.85. The van der Waals surface area contributed by atoms with Crippen molar-refractivity contribution in [1.29, 1.82) is 0 Å². The molecule has 1 aromatic carbocycles. The number of hydrogen-bond donors (Lipinski definition) is 0. The third-order valence-electron chi connectivity index (χ3n) is 3.66. The summed E-state index contributed by atoms with van der Waals surface area (Å²) in [6, 6.07) is 7.06. The van der Waals surface area contributed by atoms with Gasteiger partial charge in [0.25, 0.3) is 5.91 Å². The fraction of sp³-hybridized carbons (Fsp3) is 0.312. The predicted molar refractivity (Wildman–Crippen MR) is 90.0 cm³/mol. The number of hydrogen-bond acceptors (Lipinski definition) is 3. The average molecular weight is 356 g/mol. The van der Waals surface area contributed by atoms with Crippen molar-refractivity contribution in [1.82, 2.24) is 4.90 Å². The van der Waals surface area contributed by atoms with Crippen LogP contribution < -0.4 is 4.74 Å². The molecule has 2 heterocycles. The molecule has 0 aliphatic carbocycles. The zero-order valence-corrected chi connectivity index (χ0v) is 14.3. The van der Waals surface area contributed by atoms with E-state index in [-0.39, 0.29) is 5.91 Å². The molecule has 22 heavy (non-hydrogen) atoms. The van der Waals surface area contributed by atoms with E-state index in [1.165, 1.54) is 10.4 Å². The van der Waals surface area contributed by atoms with Crippen molar-refractivity contribution in [2.75, 3.05) is 6.54 Å². The minimum atomic E-state index is -0.584. The van der Waals surface area contributed by atoms with Gasteiger partial charge in [0.1, 0.15) is 5.75 Å². The maximum absolute atomic E-state index is 12.5. The molecule has 0 spiro atoms. The Morgan fingerprint density at radius 2 is 2.18 bits per heavy atom. The Bertz CT molecular complexity index is 701. The predicted octanol–water partition coefficient (Wildman–Crippen LogP) is 4.41. The van der Waals surface area contributed by atoms with Crippen LogP contribution >= 0.6 is 34.5 Å². The van der Waals surface area contributed by atoms with Crippen molar-refractivity contribution >= 4 is 40.4 Å². The Labute approximate surface area is 143 Å². The SMILES string of the molecule is CC(Oc1ccc(Cl)cc1Cl)C(=O)N1CCc2sccc2C1. The van der Waals surface area contributed by atoms with Crippen LogP contribution in [0.2, 0.25) is 10.0 Å². The van der Waals surface area contributed by atoms with Crippen molar-refractivity contribution in [2.24, 2.45) is 0 Å². The Hall–Kier alpha value is -1.23. The van der Waals surface area contributed by atoms with Crippen molar-refractivity contribution in [3.8, 4) is 5.75 Å². The summed E-state index contributed by atoms with van der Waals surface area (Å²) in [6.07, 6.45) is 0.325. The molecule has 1 unspecified atom stereocenters. The van der Waals surface area contributed by atoms with Crippen LogP contribution in [-0.4, -0.2) is 23.5 Å². The topological polar surface area (TPSA) is 29.5 Å². The zero-order valence-electron chi connectivity index (χ0n) is 12.0. The number of rotatable bonds is 3. The molecule has 3 rings (SSSR count). The summed E-state index contributed by atoms with van der Waals surface area (Å²) in [7, 11) is 0. The number of ether oxygens (including phenoxy) is 1. The molecule has 0 fully saturated rings. The van der Waals surface area contributed by atoms with Gasteiger partial charge in [-0.25, -0.2) is 0 Å². The van der Waals surface area contributed by atoms with Gasteiger partial charge in [0.15, 0.2) is 6.10 Å². The number of halogens is 2. The summed E-state index contributed by atoms with van der Waals surface area (Å²) in [5.74, 6) is 0.447. The Morgan fingerprint density at radius 3 is 2.95 bits per heavy atom. The highest BCUT2D eigenvalue weighted by Gasteiger charge is 2.26. The van der Waals surface area contributed by atoms with Gasteiger partial charge < -0.3 is 9.64 Å². The minimum absolute atomic E-state index is 0.0251. The van der Waals surface area contributed by atoms with Crippen LogP contribution in [0.4, 0.5) is 0 Å². The first-order chi connectivity index (χ1) is 10.5. The average Bonchev–Trinajstić information content (AvgIpc) is 2.96. The minimum Gasteiger partial charge on any atom is -0.479 e. The molecular formula is C16H15Cl2NO2S. The smallest absolute Gasteiger partial charge is 0.263 e. The highest BCUT2D eigenvalue weighted by atomic mass is 35.5. The van der Waals surface area contributed by atoms with Gasteiger partial charge in [0.2, 0.25) is 0 Å². The lowest BCUT2D eigenvalue weighted by Crippen LogP contribution is -2.42. The normalized spacial score (nSPS) is 15.3. The molecule has 0 radical (unpaired) electrons. The number of carbonyl (C=O) groups is 1. The van der Waals surface area contributed by atoms with E-state index in [0.29, 0.717) is 22.3 Å². The molecule has 0 bridgehead atoms. The van der Waals surface area contributed by atoms with Crippen molar-refractivity contribution in [3.63, 3.8) is 0 Å². The standard InChI is InChI=1S/C16H15Cl2NO2S/c1-10(21-14-3-2-12(17)8-13(14)18)16(20)19-6-4-15-11(9-19)5-7-22-15/h2-3,5,7-8,10H,4,6,9H2,1H3. The molecule has 1 aromatic heterocycles. The van der Waals surface area contributed by atoms with E-state index in [2.05, 4.69) is 11.4 Å². The molecule has 1 aliphatic rings. The maximum atomic E-state index is 12.5. The molecule has 2 aromatic rings. The highest BCUT2D eigenvalue weighted by Crippen LogP contribution is 2.29. The second kappa shape index (κ2) is 6.49. The third kappa shape index (κ3) is 3.24. The van der Waals surface area contributed by atoms with Crippen LogP contribution in [0.15, 0.2) is 29.6 Å². The van der Waals surface area contributed by atoms with E-state index >= 15 is 0 Å². The second-order valence-electron chi connectivity index (χ2n) is 5.21. The fourth-order valence-electron chi connectivity index (χ4n) is 2.51. The van der Waals surface area contributed by atoms with Gasteiger partial charge in [0, 0.05) is 23.0 Å². The first kappa shape index (κ1) is 15.7. The van der Waals surface area contributed by atoms with Crippen molar-refractivity contribution in [3.05, 3.63) is 50.1 Å². The number of carbonyl (C=O) groups excluding carboxylic acids is 1. The number of benzene rings is 1. The van der Waals surface area contributed by atoms with Gasteiger partial charge in [-0.05, 0) is 48.6 Å². The molecule has 1 aliphatic heterocycles. The number of nitrogens with zero attached hydrogens (tertiary/aromatic N) is 1. The number of amides is 1. The van der Waals surface area contributed by atoms with Gasteiger partial charge in [-0.3, -0.25) is 4.79 Å². The highest BCUT2D eigenvalue weighted by molar-refractivity contribution is 7.10. The summed E-state index contributed by atoms with van der Waals surface area (Å²) in [4.78, 5) is 15.8. The molecular weight excluding hydrogens is 341 g/mol. The van der Waals surface area contributed by atoms with Gasteiger partial charge in [0.05, 0.1) is 5.02 Å². The van der Waals surface area contributed by atoms with Gasteiger partial charge >= 0.3 is 0 Å². The lowest BCUT2D eigenvalue weighted by molar-refractivity contribution is -0.138. The first-order valence-electron chi connectivity index (χ1n) is 7.00. The summed E-state index contributed by atoms with van der Waals surface area (Å²) in [5.41, 5.74) is 1.24. The quantitative estimate of drug-likeness (QED) is 0.816. The molecule has 6 heteroatoms. The summed E-state index contributed by atoms with van der Waals surface area (Å²) in [5, 5.41) is 3.02. The Balaban J connectivity index is 1.67. The molecule has 0 saturated carbocycles. The van der Waals surface area contributed by atoms with Crippen LogP contribution in [0.5, 0.6) is 5.75 Å². The summed E-state index contributed by atoms with van der Waals surface area (Å²) in [6.45, 7) is 3.13. The van der Waals surface area contributed by atoms with Crippen molar-refractivity contribution in [2.45, 2.75) is 26.0 Å². The van der Waals surface area contributed by atoms with E-state index in [4.69, 9.17) is 27.9 Å². The molecule has 0 saturated heterocycles. The van der Waals surface area contributed by atoms with Crippen LogP contribution in [-0.2, 0) is 17.8 Å². The molecule has 3 nitrogen and oxygen atoms in total. The van der Waals surface area contributed by atoms with Gasteiger partial charge in [-0.1, -0.05) is 23.2 Å². The monoisotopic (exact) mass is 355 g/mol. The lowest BCUT2D eigenvalue weighted by Gasteiger charge is -2.29. The zero-order chi connectivity index (χ0) is 15.7. The van der Waals surface area contributed by atoms with Gasteiger partial charge in [-0.2, -0.15) is 0 Å². The van der Waals surface area contributed by atoms with E-state index < -0.39 is 6.10 Å². The Morgan fingerprint density at radius 1 is 1.36 bits per heavy atom. The van der Waals surface area contributed by atoms with Crippen LogP contribution in [0.25, 0.3) is 0 Å². The van der Waals surface area contributed by atoms with E-state index in [1.54, 1.807) is 36.5 Å². The van der Waals surface area contributed by atoms with Crippen molar-refractivity contribution < 1.29 is 9.53 Å². The lowest BCUT2D eigenvalue weighted by atomic mass is 10.1. The largest absolute Gasteiger partial charge is 0.479 e. The maximum Gasteiger partial charge on any atom is 0.263 e. The molecule has 116 valence electrons. The van der Waals surface area contributed by atoms with E-state index in [1.807, 2.05) is 4.90 Å². The molecule has 0 N–H and O–H groups in total. The molecule has 1 amide bonds. The Kier molecular flexibility index (Phi) is 4.62. The van der Waals surface area contributed by atoms with E-state index in [0.717, 1.165) is 13.0 Å².